The van der Waals surface area contributed by atoms with Gasteiger partial charge in [0, 0.05) is 17.1 Å². The average Bonchev–Trinajstić information content (AvgIpc) is 2.47. The lowest BCUT2D eigenvalue weighted by Gasteiger charge is -2.07. The molecule has 3 aromatic rings. The molecule has 18 heavy (non-hydrogen) atoms. The number of carbonyl (C=O) groups is 1. The zero-order valence-electron chi connectivity index (χ0n) is 9.71. The Morgan fingerprint density at radius 2 is 1.50 bits per heavy atom. The predicted molar refractivity (Wildman–Crippen MR) is 72.6 cm³/mol. The molecule has 0 aliphatic carbocycles. The van der Waals surface area contributed by atoms with E-state index in [0.717, 1.165) is 28.2 Å². The van der Waals surface area contributed by atoms with Crippen molar-refractivity contribution in [2.45, 2.75) is 0 Å². The summed E-state index contributed by atoms with van der Waals surface area (Å²) in [6, 6.07) is 17.9. The van der Waals surface area contributed by atoms with Crippen LogP contribution in [0.5, 0.6) is 0 Å². The van der Waals surface area contributed by atoms with Crippen LogP contribution in [0.25, 0.3) is 21.9 Å². The maximum Gasteiger partial charge on any atom is 0.169 e. The summed E-state index contributed by atoms with van der Waals surface area (Å²) in [5, 5.41) is 1.95. The second-order valence-corrected chi connectivity index (χ2v) is 4.09. The highest BCUT2D eigenvalue weighted by atomic mass is 16.1. The first-order valence-electron chi connectivity index (χ1n) is 5.78. The number of benzene rings is 2. The van der Waals surface area contributed by atoms with Crippen molar-refractivity contribution in [1.82, 2.24) is 4.98 Å². The number of hydrogen-bond acceptors (Lipinski definition) is 2. The van der Waals surface area contributed by atoms with E-state index >= 15 is 0 Å². The molecule has 2 heteroatoms. The second-order valence-electron chi connectivity index (χ2n) is 4.09. The minimum absolute atomic E-state index is 0.491. The molecular formula is C16H11NO. The van der Waals surface area contributed by atoms with Crippen LogP contribution in [-0.4, -0.2) is 11.3 Å². The summed E-state index contributed by atoms with van der Waals surface area (Å²) in [4.78, 5) is 15.2. The average molecular weight is 233 g/mol. The summed E-state index contributed by atoms with van der Waals surface area (Å²) in [5.41, 5.74) is 2.65. The molecule has 0 bridgehead atoms. The molecule has 0 saturated carbocycles. The van der Waals surface area contributed by atoms with Crippen molar-refractivity contribution in [3.63, 3.8) is 0 Å². The summed E-state index contributed by atoms with van der Waals surface area (Å²) in [7, 11) is 0. The number of pyridine rings is 1. The first-order valence-corrected chi connectivity index (χ1v) is 5.78. The molecule has 1 aromatic heterocycles. The van der Waals surface area contributed by atoms with Crippen LogP contribution in [0.15, 0.2) is 60.8 Å². The normalized spacial score (nSPS) is 10.4. The standard InChI is InChI=1S/C16H11NO/c18-11-16-14-9-5-4-8-13(14)15(10-17-16)12-6-2-1-3-7-12/h1-11H. The van der Waals surface area contributed by atoms with Gasteiger partial charge in [0.2, 0.25) is 0 Å². The lowest BCUT2D eigenvalue weighted by Crippen LogP contribution is -1.91. The van der Waals surface area contributed by atoms with Gasteiger partial charge >= 0.3 is 0 Å². The molecule has 0 aliphatic rings. The zero-order chi connectivity index (χ0) is 12.4. The van der Waals surface area contributed by atoms with Crippen molar-refractivity contribution >= 4 is 17.1 Å². The molecule has 0 radical (unpaired) electrons. The van der Waals surface area contributed by atoms with E-state index < -0.39 is 0 Å². The molecule has 0 amide bonds. The smallest absolute Gasteiger partial charge is 0.169 e. The van der Waals surface area contributed by atoms with Crippen molar-refractivity contribution in [3.8, 4) is 11.1 Å². The number of carbonyl (C=O) groups excluding carboxylic acids is 1. The van der Waals surface area contributed by atoms with Crippen LogP contribution >= 0.6 is 0 Å². The van der Waals surface area contributed by atoms with Gasteiger partial charge in [-0.05, 0) is 10.9 Å². The molecule has 0 fully saturated rings. The maximum absolute atomic E-state index is 11.0. The molecule has 86 valence electrons. The van der Waals surface area contributed by atoms with E-state index in [1.807, 2.05) is 54.6 Å². The number of rotatable bonds is 2. The molecule has 0 aliphatic heterocycles. The Kier molecular flexibility index (Phi) is 2.61. The topological polar surface area (TPSA) is 30.0 Å². The predicted octanol–water partition coefficient (Wildman–Crippen LogP) is 3.71. The van der Waals surface area contributed by atoms with Crippen LogP contribution in [0.2, 0.25) is 0 Å². The van der Waals surface area contributed by atoms with E-state index in [0.29, 0.717) is 5.69 Å². The van der Waals surface area contributed by atoms with E-state index in [2.05, 4.69) is 4.98 Å². The van der Waals surface area contributed by atoms with Gasteiger partial charge in [0.15, 0.2) is 6.29 Å². The largest absolute Gasteiger partial charge is 0.296 e. The van der Waals surface area contributed by atoms with Crippen LogP contribution in [0, 0.1) is 0 Å². The second kappa shape index (κ2) is 4.41. The lowest BCUT2D eigenvalue weighted by molar-refractivity contribution is 0.112. The number of hydrogen-bond donors (Lipinski definition) is 0. The molecule has 0 atom stereocenters. The monoisotopic (exact) mass is 233 g/mol. The maximum atomic E-state index is 11.0. The fourth-order valence-electron chi connectivity index (χ4n) is 2.16. The fourth-order valence-corrected chi connectivity index (χ4v) is 2.16. The van der Waals surface area contributed by atoms with E-state index in [-0.39, 0.29) is 0 Å². The number of fused-ring (bicyclic) bond motifs is 1. The van der Waals surface area contributed by atoms with Crippen molar-refractivity contribution in [1.29, 1.82) is 0 Å². The van der Waals surface area contributed by atoms with Crippen molar-refractivity contribution < 1.29 is 4.79 Å². The van der Waals surface area contributed by atoms with Gasteiger partial charge in [-0.25, -0.2) is 0 Å². The van der Waals surface area contributed by atoms with E-state index in [4.69, 9.17) is 0 Å². The Bertz CT molecular complexity index is 705. The Labute approximate surface area is 105 Å². The van der Waals surface area contributed by atoms with Crippen LogP contribution in [0.4, 0.5) is 0 Å². The van der Waals surface area contributed by atoms with Crippen LogP contribution in [-0.2, 0) is 0 Å². The van der Waals surface area contributed by atoms with E-state index in [1.165, 1.54) is 0 Å². The fraction of sp³-hybridized carbons (Fsp3) is 0. The van der Waals surface area contributed by atoms with Gasteiger partial charge in [0.25, 0.3) is 0 Å². The molecule has 0 saturated heterocycles. The molecule has 3 rings (SSSR count). The van der Waals surface area contributed by atoms with Gasteiger partial charge in [-0.15, -0.1) is 0 Å². The van der Waals surface area contributed by atoms with Crippen molar-refractivity contribution in [2.75, 3.05) is 0 Å². The van der Waals surface area contributed by atoms with Gasteiger partial charge in [0.1, 0.15) is 5.69 Å². The Morgan fingerprint density at radius 3 is 2.22 bits per heavy atom. The lowest BCUT2D eigenvalue weighted by atomic mass is 9.99. The minimum Gasteiger partial charge on any atom is -0.296 e. The molecule has 2 nitrogen and oxygen atoms in total. The van der Waals surface area contributed by atoms with Crippen LogP contribution in [0.1, 0.15) is 10.5 Å². The molecule has 0 N–H and O–H groups in total. The third kappa shape index (κ3) is 1.68. The highest BCUT2D eigenvalue weighted by Crippen LogP contribution is 2.28. The van der Waals surface area contributed by atoms with Crippen molar-refractivity contribution in [2.24, 2.45) is 0 Å². The summed E-state index contributed by atoms with van der Waals surface area (Å²) >= 11 is 0. The first kappa shape index (κ1) is 10.7. The Hall–Kier alpha value is -2.48. The summed E-state index contributed by atoms with van der Waals surface area (Å²) in [5.74, 6) is 0. The zero-order valence-corrected chi connectivity index (χ0v) is 9.71. The quantitative estimate of drug-likeness (QED) is 0.631. The third-order valence-corrected chi connectivity index (χ3v) is 3.02. The minimum atomic E-state index is 0.491. The van der Waals surface area contributed by atoms with E-state index in [1.54, 1.807) is 6.20 Å². The SMILES string of the molecule is O=Cc1ncc(-c2ccccc2)c2ccccc12. The molecule has 0 spiro atoms. The van der Waals surface area contributed by atoms with Gasteiger partial charge in [-0.3, -0.25) is 9.78 Å². The summed E-state index contributed by atoms with van der Waals surface area (Å²) in [6.45, 7) is 0. The van der Waals surface area contributed by atoms with E-state index in [9.17, 15) is 4.79 Å². The first-order chi connectivity index (χ1) is 8.90. The highest BCUT2D eigenvalue weighted by Gasteiger charge is 2.07. The highest BCUT2D eigenvalue weighted by molar-refractivity contribution is 6.03. The number of nitrogens with zero attached hydrogens (tertiary/aromatic N) is 1. The van der Waals surface area contributed by atoms with Gasteiger partial charge in [-0.1, -0.05) is 54.6 Å². The van der Waals surface area contributed by atoms with Crippen LogP contribution < -0.4 is 0 Å². The molecule has 0 unspecified atom stereocenters. The Morgan fingerprint density at radius 1 is 0.833 bits per heavy atom. The van der Waals surface area contributed by atoms with Gasteiger partial charge in [-0.2, -0.15) is 0 Å². The molecule has 2 aromatic carbocycles. The summed E-state index contributed by atoms with van der Waals surface area (Å²) < 4.78 is 0. The van der Waals surface area contributed by atoms with Crippen molar-refractivity contribution in [3.05, 3.63) is 66.5 Å². The molecular weight excluding hydrogens is 222 g/mol. The molecule has 1 heterocycles. The van der Waals surface area contributed by atoms with Gasteiger partial charge in [0.05, 0.1) is 0 Å². The Balaban J connectivity index is 2.35. The third-order valence-electron chi connectivity index (χ3n) is 3.02. The van der Waals surface area contributed by atoms with Crippen LogP contribution in [0.3, 0.4) is 0 Å². The number of aromatic nitrogens is 1. The summed E-state index contributed by atoms with van der Waals surface area (Å²) in [6.07, 6.45) is 2.57. The number of aldehydes is 1. The van der Waals surface area contributed by atoms with Gasteiger partial charge < -0.3 is 0 Å².